The maximum Gasteiger partial charge on any atom is 0.253 e. The Kier molecular flexibility index (Phi) is 4.58. The van der Waals surface area contributed by atoms with Crippen LogP contribution in [0.25, 0.3) is 0 Å². The molecule has 0 bridgehead atoms. The van der Waals surface area contributed by atoms with Crippen LogP contribution in [-0.4, -0.2) is 18.0 Å². The Bertz CT molecular complexity index is 599. The fraction of sp³-hybridized carbons (Fsp3) is 0.200. The van der Waals surface area contributed by atoms with Gasteiger partial charge in [-0.2, -0.15) is 0 Å². The topological polar surface area (TPSA) is 51.2 Å². The third kappa shape index (κ3) is 3.48. The maximum atomic E-state index is 12.1. The molecule has 1 atom stereocenters. The second-order valence-electron chi connectivity index (χ2n) is 4.34. The van der Waals surface area contributed by atoms with E-state index in [9.17, 15) is 4.79 Å². The summed E-state index contributed by atoms with van der Waals surface area (Å²) in [7, 11) is 1.61. The van der Waals surface area contributed by atoms with E-state index in [0.717, 1.165) is 11.3 Å². The Balaban J connectivity index is 2.08. The maximum absolute atomic E-state index is 12.1. The van der Waals surface area contributed by atoms with Crippen LogP contribution in [0.1, 0.15) is 28.9 Å². The van der Waals surface area contributed by atoms with Gasteiger partial charge in [0.15, 0.2) is 0 Å². The Labute approximate surface area is 122 Å². The van der Waals surface area contributed by atoms with Crippen LogP contribution in [0.4, 0.5) is 0 Å². The molecule has 0 saturated heterocycles. The monoisotopic (exact) mass is 290 g/mol. The Hall–Kier alpha value is -2.07. The van der Waals surface area contributed by atoms with Crippen LogP contribution in [0.3, 0.4) is 0 Å². The molecule has 0 aliphatic carbocycles. The number of carbonyl (C=O) groups is 1. The second kappa shape index (κ2) is 6.39. The van der Waals surface area contributed by atoms with Gasteiger partial charge in [-0.1, -0.05) is 23.7 Å². The molecule has 2 aromatic rings. The van der Waals surface area contributed by atoms with Crippen molar-refractivity contribution in [2.24, 2.45) is 0 Å². The van der Waals surface area contributed by atoms with E-state index in [1.807, 2.05) is 31.2 Å². The molecule has 0 aliphatic rings. The summed E-state index contributed by atoms with van der Waals surface area (Å²) < 4.78 is 5.17. The van der Waals surface area contributed by atoms with Gasteiger partial charge in [0.2, 0.25) is 0 Å². The highest BCUT2D eigenvalue weighted by Gasteiger charge is 2.12. The summed E-state index contributed by atoms with van der Waals surface area (Å²) in [5.74, 6) is 0.571. The number of rotatable bonds is 4. The van der Waals surface area contributed by atoms with Crippen LogP contribution in [-0.2, 0) is 0 Å². The molecule has 0 radical (unpaired) electrons. The lowest BCUT2D eigenvalue weighted by atomic mass is 10.1. The Morgan fingerprint density at radius 3 is 2.80 bits per heavy atom. The predicted octanol–water partition coefficient (Wildman–Crippen LogP) is 3.23. The quantitative estimate of drug-likeness (QED) is 0.880. The number of nitrogens with one attached hydrogen (secondary N) is 1. The first-order chi connectivity index (χ1) is 9.60. The van der Waals surface area contributed by atoms with Crippen LogP contribution in [0.5, 0.6) is 5.75 Å². The van der Waals surface area contributed by atoms with Crippen LogP contribution >= 0.6 is 11.6 Å². The van der Waals surface area contributed by atoms with Crippen LogP contribution < -0.4 is 10.1 Å². The smallest absolute Gasteiger partial charge is 0.253 e. The average molecular weight is 291 g/mol. The molecule has 20 heavy (non-hydrogen) atoms. The zero-order chi connectivity index (χ0) is 14.5. The summed E-state index contributed by atoms with van der Waals surface area (Å²) in [5, 5.41) is 3.27. The standard InChI is InChI=1S/C15H15ClN2O2/c1-10(11-4-3-5-13(8-11)20-2)18-15(19)12-6-7-14(16)17-9-12/h3-10H,1-2H3,(H,18,19). The first-order valence-corrected chi connectivity index (χ1v) is 6.54. The predicted molar refractivity (Wildman–Crippen MR) is 78.1 cm³/mol. The van der Waals surface area contributed by atoms with Crippen molar-refractivity contribution in [1.82, 2.24) is 10.3 Å². The van der Waals surface area contributed by atoms with Gasteiger partial charge >= 0.3 is 0 Å². The van der Waals surface area contributed by atoms with E-state index in [4.69, 9.17) is 16.3 Å². The van der Waals surface area contributed by atoms with Gasteiger partial charge in [0, 0.05) is 6.20 Å². The number of aromatic nitrogens is 1. The molecule has 4 nitrogen and oxygen atoms in total. The SMILES string of the molecule is COc1cccc(C(C)NC(=O)c2ccc(Cl)nc2)c1. The molecule has 0 aliphatic heterocycles. The van der Waals surface area contributed by atoms with Gasteiger partial charge in [-0.15, -0.1) is 0 Å². The molecule has 104 valence electrons. The second-order valence-corrected chi connectivity index (χ2v) is 4.73. The lowest BCUT2D eigenvalue weighted by Gasteiger charge is -2.15. The van der Waals surface area contributed by atoms with Crippen molar-refractivity contribution in [3.63, 3.8) is 0 Å². The normalized spacial score (nSPS) is 11.8. The molecule has 5 heteroatoms. The van der Waals surface area contributed by atoms with Gasteiger partial charge in [0.25, 0.3) is 5.91 Å². The summed E-state index contributed by atoms with van der Waals surface area (Å²) in [6.07, 6.45) is 1.45. The van der Waals surface area contributed by atoms with Crippen molar-refractivity contribution >= 4 is 17.5 Å². The number of nitrogens with zero attached hydrogens (tertiary/aromatic N) is 1. The van der Waals surface area contributed by atoms with E-state index < -0.39 is 0 Å². The Morgan fingerprint density at radius 2 is 2.15 bits per heavy atom. The molecular weight excluding hydrogens is 276 g/mol. The number of carbonyl (C=O) groups excluding carboxylic acids is 1. The van der Waals surface area contributed by atoms with Crippen molar-refractivity contribution in [1.29, 1.82) is 0 Å². The molecule has 0 fully saturated rings. The highest BCUT2D eigenvalue weighted by molar-refractivity contribution is 6.29. The molecule has 1 aromatic carbocycles. The van der Waals surface area contributed by atoms with Crippen molar-refractivity contribution < 1.29 is 9.53 Å². The van der Waals surface area contributed by atoms with Gasteiger partial charge in [-0.25, -0.2) is 4.98 Å². The number of ether oxygens (including phenoxy) is 1. The number of halogens is 1. The van der Waals surface area contributed by atoms with Gasteiger partial charge < -0.3 is 10.1 Å². The first-order valence-electron chi connectivity index (χ1n) is 6.16. The summed E-state index contributed by atoms with van der Waals surface area (Å²) >= 11 is 5.69. The minimum atomic E-state index is -0.190. The van der Waals surface area contributed by atoms with Crippen molar-refractivity contribution in [3.05, 3.63) is 58.9 Å². The number of hydrogen-bond donors (Lipinski definition) is 1. The molecule has 2 rings (SSSR count). The molecule has 0 spiro atoms. The largest absolute Gasteiger partial charge is 0.497 e. The molecule has 1 aromatic heterocycles. The molecular formula is C15H15ClN2O2. The third-order valence-corrected chi connectivity index (χ3v) is 3.15. The van der Waals surface area contributed by atoms with Crippen molar-refractivity contribution in [2.45, 2.75) is 13.0 Å². The van der Waals surface area contributed by atoms with E-state index in [1.54, 1.807) is 19.2 Å². The summed E-state index contributed by atoms with van der Waals surface area (Å²) in [5.41, 5.74) is 1.45. The fourth-order valence-electron chi connectivity index (χ4n) is 1.78. The van der Waals surface area contributed by atoms with E-state index in [0.29, 0.717) is 10.7 Å². The zero-order valence-corrected chi connectivity index (χ0v) is 12.0. The van der Waals surface area contributed by atoms with Gasteiger partial charge in [0.05, 0.1) is 18.7 Å². The van der Waals surface area contributed by atoms with Crippen molar-refractivity contribution in [3.8, 4) is 5.75 Å². The van der Waals surface area contributed by atoms with Gasteiger partial charge in [-0.05, 0) is 36.8 Å². The minimum Gasteiger partial charge on any atom is -0.497 e. The number of pyridine rings is 1. The van der Waals surface area contributed by atoms with Crippen LogP contribution in [0.15, 0.2) is 42.6 Å². The fourth-order valence-corrected chi connectivity index (χ4v) is 1.90. The molecule has 0 saturated carbocycles. The number of hydrogen-bond acceptors (Lipinski definition) is 3. The third-order valence-electron chi connectivity index (χ3n) is 2.93. The lowest BCUT2D eigenvalue weighted by Crippen LogP contribution is -2.26. The average Bonchev–Trinajstić information content (AvgIpc) is 2.47. The van der Waals surface area contributed by atoms with Crippen molar-refractivity contribution in [2.75, 3.05) is 7.11 Å². The highest BCUT2D eigenvalue weighted by atomic mass is 35.5. The lowest BCUT2D eigenvalue weighted by molar-refractivity contribution is 0.0939. The van der Waals surface area contributed by atoms with E-state index >= 15 is 0 Å². The number of amides is 1. The highest BCUT2D eigenvalue weighted by Crippen LogP contribution is 2.19. The Morgan fingerprint density at radius 1 is 1.35 bits per heavy atom. The van der Waals surface area contributed by atoms with E-state index in [2.05, 4.69) is 10.3 Å². The van der Waals surface area contributed by atoms with Crippen LogP contribution in [0.2, 0.25) is 5.15 Å². The minimum absolute atomic E-state index is 0.131. The number of methoxy groups -OCH3 is 1. The van der Waals surface area contributed by atoms with Crippen LogP contribution in [0, 0.1) is 0 Å². The molecule has 1 amide bonds. The summed E-state index contributed by atoms with van der Waals surface area (Å²) in [6, 6.07) is 10.7. The van der Waals surface area contributed by atoms with Gasteiger partial charge in [-0.3, -0.25) is 4.79 Å². The molecule has 1 heterocycles. The first kappa shape index (κ1) is 14.3. The van der Waals surface area contributed by atoms with E-state index in [1.165, 1.54) is 6.20 Å². The molecule has 1 N–H and O–H groups in total. The van der Waals surface area contributed by atoms with E-state index in [-0.39, 0.29) is 11.9 Å². The number of benzene rings is 1. The van der Waals surface area contributed by atoms with Gasteiger partial charge in [0.1, 0.15) is 10.9 Å². The summed E-state index contributed by atoms with van der Waals surface area (Å²) in [4.78, 5) is 16.0. The summed E-state index contributed by atoms with van der Waals surface area (Å²) in [6.45, 7) is 1.91. The zero-order valence-electron chi connectivity index (χ0n) is 11.3. The molecule has 1 unspecified atom stereocenters.